The Balaban J connectivity index is 2.57. The van der Waals surface area contributed by atoms with Crippen LogP contribution >= 0.6 is 0 Å². The minimum atomic E-state index is 0.884. The van der Waals surface area contributed by atoms with E-state index in [1.165, 1.54) is 30.4 Å². The number of hydrogen-bond donors (Lipinski definition) is 0. The van der Waals surface area contributed by atoms with E-state index in [-0.39, 0.29) is 0 Å². The Bertz CT molecular complexity index is 129. The van der Waals surface area contributed by atoms with Crippen molar-refractivity contribution in [3.05, 3.63) is 0 Å². The minimum absolute atomic E-state index is 0.884. The van der Waals surface area contributed by atoms with Gasteiger partial charge in [-0.05, 0) is 13.3 Å². The molecule has 1 aliphatic rings. The molecule has 1 nitrogen and oxygen atoms in total. The lowest BCUT2D eigenvalue weighted by Crippen LogP contribution is -2.48. The number of hydrogen-bond acceptors (Lipinski definition) is 0. The summed E-state index contributed by atoms with van der Waals surface area (Å²) in [4.78, 5) is 0. The van der Waals surface area contributed by atoms with Crippen molar-refractivity contribution in [3.8, 4) is 0 Å². The van der Waals surface area contributed by atoms with Gasteiger partial charge in [0.15, 0.2) is 0 Å². The van der Waals surface area contributed by atoms with E-state index < -0.39 is 0 Å². The normalized spacial score (nSPS) is 44.7. The Morgan fingerprint density at radius 3 is 2.36 bits per heavy atom. The van der Waals surface area contributed by atoms with E-state index in [1.807, 2.05) is 0 Å². The average Bonchev–Trinajstić information content (AvgIpc) is 2.19. The van der Waals surface area contributed by atoms with E-state index in [2.05, 4.69) is 27.8 Å². The smallest absolute Gasteiger partial charge is 0.0887 e. The van der Waals surface area contributed by atoms with Crippen LogP contribution in [0.25, 0.3) is 0 Å². The third-order valence-corrected chi connectivity index (χ3v) is 3.64. The summed E-state index contributed by atoms with van der Waals surface area (Å²) in [7, 11) is 2.41. The van der Waals surface area contributed by atoms with Gasteiger partial charge in [-0.25, -0.2) is 0 Å². The van der Waals surface area contributed by atoms with Gasteiger partial charge in [0.1, 0.15) is 0 Å². The molecule has 1 heteroatoms. The van der Waals surface area contributed by atoms with Crippen LogP contribution in [0.5, 0.6) is 0 Å². The topological polar surface area (TPSA) is 0 Å². The third kappa shape index (κ3) is 1.58. The number of rotatable bonds is 2. The summed E-state index contributed by atoms with van der Waals surface area (Å²) < 4.78 is 1.32. The first-order valence-electron chi connectivity index (χ1n) is 4.94. The first kappa shape index (κ1) is 9.05. The molecule has 66 valence electrons. The molecule has 11 heavy (non-hydrogen) atoms. The molecule has 1 aliphatic heterocycles. The first-order chi connectivity index (χ1) is 5.10. The highest BCUT2D eigenvalue weighted by atomic mass is 15.4. The predicted molar refractivity (Wildman–Crippen MR) is 49.5 cm³/mol. The van der Waals surface area contributed by atoms with Crippen LogP contribution in [0.2, 0.25) is 0 Å². The van der Waals surface area contributed by atoms with Gasteiger partial charge in [-0.15, -0.1) is 0 Å². The van der Waals surface area contributed by atoms with E-state index in [4.69, 9.17) is 0 Å². The number of nitrogens with zero attached hydrogens (tertiary/aromatic N) is 1. The summed E-state index contributed by atoms with van der Waals surface area (Å²) in [5.41, 5.74) is 0. The van der Waals surface area contributed by atoms with Gasteiger partial charge in [-0.1, -0.05) is 13.8 Å². The van der Waals surface area contributed by atoms with Crippen molar-refractivity contribution < 1.29 is 4.48 Å². The van der Waals surface area contributed by atoms with E-state index in [0.717, 1.165) is 12.0 Å². The summed E-state index contributed by atoms with van der Waals surface area (Å²) in [6, 6.07) is 0.884. The lowest BCUT2D eigenvalue weighted by Gasteiger charge is -2.35. The molecule has 0 N–H and O–H groups in total. The highest BCUT2D eigenvalue weighted by molar-refractivity contribution is 4.69. The molecule has 0 aromatic heterocycles. The second-order valence-electron chi connectivity index (χ2n) is 4.43. The van der Waals surface area contributed by atoms with Crippen molar-refractivity contribution in [3.63, 3.8) is 0 Å². The summed E-state index contributed by atoms with van der Waals surface area (Å²) in [6.07, 6.45) is 2.76. The maximum atomic E-state index is 2.41. The molecule has 1 saturated heterocycles. The lowest BCUT2D eigenvalue weighted by atomic mass is 10.0. The molecular weight excluding hydrogens is 134 g/mol. The maximum Gasteiger partial charge on any atom is 0.0887 e. The molecule has 0 aliphatic carbocycles. The second-order valence-corrected chi connectivity index (χ2v) is 4.43. The lowest BCUT2D eigenvalue weighted by molar-refractivity contribution is -0.920. The van der Waals surface area contributed by atoms with Crippen molar-refractivity contribution >= 4 is 0 Å². The van der Waals surface area contributed by atoms with Gasteiger partial charge in [0.2, 0.25) is 0 Å². The standard InChI is InChI=1S/C10H22N/c1-5-7-11(4)8-6-9(2)10(11)3/h9-10H,5-8H2,1-4H3/q+1. The molecular formula is C10H22N+. The molecule has 1 fully saturated rings. The molecule has 0 amide bonds. The molecule has 0 aromatic rings. The average molecular weight is 156 g/mol. The van der Waals surface area contributed by atoms with Crippen LogP contribution in [0.1, 0.15) is 33.6 Å². The molecule has 0 spiro atoms. The summed E-state index contributed by atoms with van der Waals surface area (Å²) in [6.45, 7) is 9.86. The Labute approximate surface area is 71.0 Å². The number of likely N-dealkylation sites (tertiary alicyclic amines) is 1. The van der Waals surface area contributed by atoms with Crippen LogP contribution in [0, 0.1) is 5.92 Å². The van der Waals surface area contributed by atoms with Gasteiger partial charge >= 0.3 is 0 Å². The second kappa shape index (κ2) is 3.14. The van der Waals surface area contributed by atoms with Crippen molar-refractivity contribution in [1.29, 1.82) is 0 Å². The van der Waals surface area contributed by atoms with E-state index in [1.54, 1.807) is 0 Å². The summed E-state index contributed by atoms with van der Waals surface area (Å²) in [5, 5.41) is 0. The third-order valence-electron chi connectivity index (χ3n) is 3.64. The van der Waals surface area contributed by atoms with Gasteiger partial charge in [0.05, 0.1) is 26.2 Å². The van der Waals surface area contributed by atoms with E-state index in [0.29, 0.717) is 0 Å². The molecule has 0 radical (unpaired) electrons. The Morgan fingerprint density at radius 2 is 2.00 bits per heavy atom. The first-order valence-corrected chi connectivity index (χ1v) is 4.94. The molecule has 0 aromatic carbocycles. The Hall–Kier alpha value is -0.0400. The quantitative estimate of drug-likeness (QED) is 0.538. The molecule has 3 atom stereocenters. The van der Waals surface area contributed by atoms with Crippen molar-refractivity contribution in [2.24, 2.45) is 5.92 Å². The maximum absolute atomic E-state index is 2.41. The Morgan fingerprint density at radius 1 is 1.36 bits per heavy atom. The molecule has 3 unspecified atom stereocenters. The fourth-order valence-corrected chi connectivity index (χ4v) is 2.38. The van der Waals surface area contributed by atoms with E-state index in [9.17, 15) is 0 Å². The van der Waals surface area contributed by atoms with Crippen molar-refractivity contribution in [2.45, 2.75) is 39.7 Å². The highest BCUT2D eigenvalue weighted by Gasteiger charge is 2.38. The molecule has 1 rings (SSSR count). The fraction of sp³-hybridized carbons (Fsp3) is 1.00. The number of quaternary nitrogens is 1. The molecule has 0 bridgehead atoms. The zero-order valence-corrected chi connectivity index (χ0v) is 8.43. The zero-order valence-electron chi connectivity index (χ0n) is 8.43. The van der Waals surface area contributed by atoms with Crippen LogP contribution in [0.3, 0.4) is 0 Å². The van der Waals surface area contributed by atoms with Gasteiger partial charge in [0.25, 0.3) is 0 Å². The van der Waals surface area contributed by atoms with Gasteiger partial charge in [0, 0.05) is 12.3 Å². The van der Waals surface area contributed by atoms with Crippen molar-refractivity contribution in [1.82, 2.24) is 0 Å². The van der Waals surface area contributed by atoms with Crippen LogP contribution in [0.15, 0.2) is 0 Å². The minimum Gasteiger partial charge on any atom is -0.324 e. The zero-order chi connectivity index (χ0) is 8.48. The van der Waals surface area contributed by atoms with Crippen LogP contribution in [-0.2, 0) is 0 Å². The Kier molecular flexibility index (Phi) is 2.58. The van der Waals surface area contributed by atoms with E-state index >= 15 is 0 Å². The summed E-state index contributed by atoms with van der Waals surface area (Å²) >= 11 is 0. The van der Waals surface area contributed by atoms with Gasteiger partial charge in [-0.3, -0.25) is 0 Å². The molecule has 1 heterocycles. The predicted octanol–water partition coefficient (Wildman–Crippen LogP) is 2.27. The van der Waals surface area contributed by atoms with Crippen LogP contribution in [0.4, 0.5) is 0 Å². The van der Waals surface area contributed by atoms with Crippen molar-refractivity contribution in [2.75, 3.05) is 20.1 Å². The largest absolute Gasteiger partial charge is 0.324 e. The highest BCUT2D eigenvalue weighted by Crippen LogP contribution is 2.29. The molecule has 0 saturated carbocycles. The van der Waals surface area contributed by atoms with Gasteiger partial charge in [-0.2, -0.15) is 0 Å². The SMILES string of the molecule is CCC[N+]1(C)CCC(C)C1C. The van der Waals surface area contributed by atoms with Crippen LogP contribution in [-0.4, -0.2) is 30.7 Å². The summed E-state index contributed by atoms with van der Waals surface area (Å²) in [5.74, 6) is 0.937. The van der Waals surface area contributed by atoms with Crippen LogP contribution < -0.4 is 0 Å². The van der Waals surface area contributed by atoms with Gasteiger partial charge < -0.3 is 4.48 Å². The monoisotopic (exact) mass is 156 g/mol. The fourth-order valence-electron chi connectivity index (χ4n) is 2.38.